The van der Waals surface area contributed by atoms with E-state index in [0.29, 0.717) is 31.3 Å². The molecule has 1 amide bonds. The van der Waals surface area contributed by atoms with Crippen LogP contribution in [0.3, 0.4) is 0 Å². The molecule has 0 aliphatic carbocycles. The summed E-state index contributed by atoms with van der Waals surface area (Å²) in [5, 5.41) is 3.40. The summed E-state index contributed by atoms with van der Waals surface area (Å²) in [6, 6.07) is 10.2. The summed E-state index contributed by atoms with van der Waals surface area (Å²) in [4.78, 5) is 14.8. The summed E-state index contributed by atoms with van der Waals surface area (Å²) in [5.74, 6) is 1.43. The lowest BCUT2D eigenvalue weighted by atomic mass is 9.84. The molecule has 0 radical (unpaired) electrons. The van der Waals surface area contributed by atoms with Crippen LogP contribution in [0.1, 0.15) is 44.8 Å². The topological polar surface area (TPSA) is 41.6 Å². The Kier molecular flexibility index (Phi) is 5.90. The van der Waals surface area contributed by atoms with E-state index in [1.165, 1.54) is 12.8 Å². The fourth-order valence-electron chi connectivity index (χ4n) is 3.99. The Balaban J connectivity index is 1.59. The number of rotatable bonds is 4. The van der Waals surface area contributed by atoms with Gasteiger partial charge in [0.15, 0.2) is 0 Å². The standard InChI is InChI=1S/C20H30N2O2/c1-15(17-8-10-21-11-9-17)12-20(23)22-13-16(2)24-19(14-22)18-6-4-3-5-7-18/h3-7,15-17,19,21H,8-14H2,1-2H3. The first kappa shape index (κ1) is 17.4. The molecule has 3 rings (SSSR count). The predicted octanol–water partition coefficient (Wildman–Crippen LogP) is 3.00. The molecule has 2 aliphatic rings. The second-order valence-electron chi connectivity index (χ2n) is 7.41. The van der Waals surface area contributed by atoms with Crippen LogP contribution in [-0.4, -0.2) is 43.1 Å². The van der Waals surface area contributed by atoms with Gasteiger partial charge in [0.2, 0.25) is 5.91 Å². The first-order valence-electron chi connectivity index (χ1n) is 9.32. The summed E-state index contributed by atoms with van der Waals surface area (Å²) in [6.45, 7) is 7.87. The highest BCUT2D eigenvalue weighted by atomic mass is 16.5. The summed E-state index contributed by atoms with van der Waals surface area (Å²) >= 11 is 0. The number of nitrogens with one attached hydrogen (secondary N) is 1. The molecule has 2 heterocycles. The molecule has 1 N–H and O–H groups in total. The molecule has 2 aliphatic heterocycles. The first-order valence-corrected chi connectivity index (χ1v) is 9.32. The smallest absolute Gasteiger partial charge is 0.223 e. The van der Waals surface area contributed by atoms with Crippen LogP contribution < -0.4 is 5.32 Å². The molecule has 2 fully saturated rings. The third-order valence-corrected chi connectivity index (χ3v) is 5.47. The van der Waals surface area contributed by atoms with Crippen LogP contribution in [0.15, 0.2) is 30.3 Å². The molecule has 4 heteroatoms. The van der Waals surface area contributed by atoms with Crippen molar-refractivity contribution < 1.29 is 9.53 Å². The number of hydrogen-bond donors (Lipinski definition) is 1. The van der Waals surface area contributed by atoms with Crippen molar-refractivity contribution >= 4 is 5.91 Å². The lowest BCUT2D eigenvalue weighted by molar-refractivity contribution is -0.146. The van der Waals surface area contributed by atoms with Gasteiger partial charge in [0.1, 0.15) is 6.10 Å². The second kappa shape index (κ2) is 8.13. The number of piperidine rings is 1. The van der Waals surface area contributed by atoms with Crippen molar-refractivity contribution in [3.8, 4) is 0 Å². The molecule has 3 unspecified atom stereocenters. The average molecular weight is 330 g/mol. The molecule has 0 saturated carbocycles. The Bertz CT molecular complexity index is 528. The minimum Gasteiger partial charge on any atom is -0.367 e. The van der Waals surface area contributed by atoms with Gasteiger partial charge in [-0.1, -0.05) is 37.3 Å². The SMILES string of the molecule is CC1CN(C(=O)CC(C)C2CCNCC2)CC(c2ccccc2)O1. The van der Waals surface area contributed by atoms with Crippen molar-refractivity contribution in [2.24, 2.45) is 11.8 Å². The van der Waals surface area contributed by atoms with Crippen molar-refractivity contribution in [1.82, 2.24) is 10.2 Å². The van der Waals surface area contributed by atoms with Gasteiger partial charge in [0, 0.05) is 13.0 Å². The van der Waals surface area contributed by atoms with E-state index < -0.39 is 0 Å². The largest absolute Gasteiger partial charge is 0.367 e. The summed E-state index contributed by atoms with van der Waals surface area (Å²) in [7, 11) is 0. The zero-order valence-corrected chi connectivity index (χ0v) is 14.9. The molecule has 4 nitrogen and oxygen atoms in total. The number of carbonyl (C=O) groups excluding carboxylic acids is 1. The molecule has 1 aromatic carbocycles. The highest BCUT2D eigenvalue weighted by molar-refractivity contribution is 5.76. The van der Waals surface area contributed by atoms with Gasteiger partial charge >= 0.3 is 0 Å². The summed E-state index contributed by atoms with van der Waals surface area (Å²) in [6.07, 6.45) is 3.13. The van der Waals surface area contributed by atoms with Gasteiger partial charge < -0.3 is 15.0 Å². The minimum atomic E-state index is -0.00640. The van der Waals surface area contributed by atoms with E-state index in [0.717, 1.165) is 18.7 Å². The molecule has 0 spiro atoms. The van der Waals surface area contributed by atoms with E-state index in [4.69, 9.17) is 4.74 Å². The molecule has 0 bridgehead atoms. The monoisotopic (exact) mass is 330 g/mol. The minimum absolute atomic E-state index is 0.00640. The molecular formula is C20H30N2O2. The van der Waals surface area contributed by atoms with Gasteiger partial charge in [-0.3, -0.25) is 4.79 Å². The van der Waals surface area contributed by atoms with Crippen LogP contribution in [0.25, 0.3) is 0 Å². The van der Waals surface area contributed by atoms with Crippen LogP contribution >= 0.6 is 0 Å². The zero-order chi connectivity index (χ0) is 16.9. The summed E-state index contributed by atoms with van der Waals surface area (Å²) in [5.41, 5.74) is 1.16. The number of benzene rings is 1. The van der Waals surface area contributed by atoms with Crippen molar-refractivity contribution in [2.75, 3.05) is 26.2 Å². The highest BCUT2D eigenvalue weighted by Crippen LogP contribution is 2.28. The maximum absolute atomic E-state index is 12.8. The zero-order valence-electron chi connectivity index (χ0n) is 14.9. The van der Waals surface area contributed by atoms with Gasteiger partial charge in [0.05, 0.1) is 12.6 Å². The Morgan fingerprint density at radius 2 is 1.96 bits per heavy atom. The molecule has 132 valence electrons. The van der Waals surface area contributed by atoms with Crippen LogP contribution in [0.5, 0.6) is 0 Å². The third-order valence-electron chi connectivity index (χ3n) is 5.47. The fraction of sp³-hybridized carbons (Fsp3) is 0.650. The van der Waals surface area contributed by atoms with Crippen molar-refractivity contribution in [3.05, 3.63) is 35.9 Å². The van der Waals surface area contributed by atoms with E-state index in [2.05, 4.69) is 31.3 Å². The molecule has 3 atom stereocenters. The number of morpholine rings is 1. The Labute approximate surface area is 145 Å². The molecule has 0 aromatic heterocycles. The van der Waals surface area contributed by atoms with E-state index in [1.54, 1.807) is 0 Å². The number of carbonyl (C=O) groups is 1. The predicted molar refractivity (Wildman–Crippen MR) is 95.7 cm³/mol. The number of hydrogen-bond acceptors (Lipinski definition) is 3. The highest BCUT2D eigenvalue weighted by Gasteiger charge is 2.31. The van der Waals surface area contributed by atoms with Crippen LogP contribution in [-0.2, 0) is 9.53 Å². The van der Waals surface area contributed by atoms with Gasteiger partial charge in [-0.2, -0.15) is 0 Å². The van der Waals surface area contributed by atoms with Crippen LogP contribution in [0.2, 0.25) is 0 Å². The number of ether oxygens (including phenoxy) is 1. The Morgan fingerprint density at radius 3 is 2.67 bits per heavy atom. The normalized spacial score (nSPS) is 27.0. The first-order chi connectivity index (χ1) is 11.6. The maximum Gasteiger partial charge on any atom is 0.223 e. The van der Waals surface area contributed by atoms with Crippen molar-refractivity contribution in [2.45, 2.75) is 45.3 Å². The molecule has 24 heavy (non-hydrogen) atoms. The van der Waals surface area contributed by atoms with Crippen LogP contribution in [0, 0.1) is 11.8 Å². The average Bonchev–Trinajstić information content (AvgIpc) is 2.62. The number of nitrogens with zero attached hydrogens (tertiary/aromatic N) is 1. The van der Waals surface area contributed by atoms with E-state index in [1.807, 2.05) is 23.1 Å². The number of amides is 1. The lowest BCUT2D eigenvalue weighted by Crippen LogP contribution is -2.46. The van der Waals surface area contributed by atoms with Gasteiger partial charge in [0.25, 0.3) is 0 Å². The summed E-state index contributed by atoms with van der Waals surface area (Å²) < 4.78 is 6.07. The van der Waals surface area contributed by atoms with Gasteiger partial charge in [-0.15, -0.1) is 0 Å². The molecule has 2 saturated heterocycles. The maximum atomic E-state index is 12.8. The Morgan fingerprint density at radius 1 is 1.25 bits per heavy atom. The van der Waals surface area contributed by atoms with E-state index in [9.17, 15) is 4.79 Å². The third kappa shape index (κ3) is 4.37. The molecular weight excluding hydrogens is 300 g/mol. The Hall–Kier alpha value is -1.39. The fourth-order valence-corrected chi connectivity index (χ4v) is 3.99. The van der Waals surface area contributed by atoms with Crippen LogP contribution in [0.4, 0.5) is 0 Å². The quantitative estimate of drug-likeness (QED) is 0.923. The van der Waals surface area contributed by atoms with Crippen molar-refractivity contribution in [3.63, 3.8) is 0 Å². The van der Waals surface area contributed by atoms with Gasteiger partial charge in [-0.05, 0) is 50.3 Å². The lowest BCUT2D eigenvalue weighted by Gasteiger charge is -2.38. The van der Waals surface area contributed by atoms with Gasteiger partial charge in [-0.25, -0.2) is 0 Å². The van der Waals surface area contributed by atoms with E-state index in [-0.39, 0.29) is 18.1 Å². The molecule has 1 aromatic rings. The second-order valence-corrected chi connectivity index (χ2v) is 7.41. The van der Waals surface area contributed by atoms with Crippen molar-refractivity contribution in [1.29, 1.82) is 0 Å². The van der Waals surface area contributed by atoms with E-state index >= 15 is 0 Å².